The molecule has 1 aromatic heterocycles. The lowest BCUT2D eigenvalue weighted by molar-refractivity contribution is -0.113. The topological polar surface area (TPSA) is 94.5 Å². The summed E-state index contributed by atoms with van der Waals surface area (Å²) in [4.78, 5) is 16.4. The number of hydrogen-bond acceptors (Lipinski definition) is 5. The minimum atomic E-state index is -0.165. The quantitative estimate of drug-likeness (QED) is 0.619. The number of carbonyl (C=O) groups is 1. The van der Waals surface area contributed by atoms with Crippen LogP contribution in [-0.2, 0) is 4.79 Å². The number of carbonyl (C=O) groups excluding carboxylic acids is 1. The van der Waals surface area contributed by atoms with Crippen LogP contribution in [-0.4, -0.2) is 26.8 Å². The van der Waals surface area contributed by atoms with Gasteiger partial charge in [-0.1, -0.05) is 45.9 Å². The Bertz CT molecular complexity index is 933. The van der Waals surface area contributed by atoms with Gasteiger partial charge < -0.3 is 5.32 Å². The molecule has 0 saturated heterocycles. The largest absolute Gasteiger partial charge is 0.325 e. The normalized spacial score (nSPS) is 10.2. The van der Waals surface area contributed by atoms with Crippen molar-refractivity contribution < 1.29 is 4.79 Å². The maximum absolute atomic E-state index is 12.0. The van der Waals surface area contributed by atoms with Gasteiger partial charge >= 0.3 is 0 Å². The van der Waals surface area contributed by atoms with Crippen LogP contribution in [0.1, 0.15) is 5.56 Å². The van der Waals surface area contributed by atoms with Gasteiger partial charge in [0.2, 0.25) is 11.1 Å². The molecule has 1 heterocycles. The maximum atomic E-state index is 12.0. The molecule has 8 heteroatoms. The summed E-state index contributed by atoms with van der Waals surface area (Å²) < 4.78 is 0.918. The predicted molar refractivity (Wildman–Crippen MR) is 100 cm³/mol. The van der Waals surface area contributed by atoms with E-state index in [9.17, 15) is 4.79 Å². The van der Waals surface area contributed by atoms with Crippen molar-refractivity contribution in [3.8, 4) is 17.5 Å². The highest BCUT2D eigenvalue weighted by Gasteiger charge is 2.11. The summed E-state index contributed by atoms with van der Waals surface area (Å²) in [6.07, 6.45) is 0. The first kappa shape index (κ1) is 17.2. The number of nitrogens with one attached hydrogen (secondary N) is 2. The zero-order valence-corrected chi connectivity index (χ0v) is 15.3. The minimum Gasteiger partial charge on any atom is -0.325 e. The number of aromatic amines is 1. The smallest absolute Gasteiger partial charge is 0.234 e. The zero-order valence-electron chi connectivity index (χ0n) is 12.9. The molecule has 0 aliphatic heterocycles. The Morgan fingerprint density at radius 1 is 1.24 bits per heavy atom. The third-order valence-corrected chi connectivity index (χ3v) is 4.76. The highest BCUT2D eigenvalue weighted by atomic mass is 79.9. The summed E-state index contributed by atoms with van der Waals surface area (Å²) in [7, 11) is 0. The number of amides is 1. The summed E-state index contributed by atoms with van der Waals surface area (Å²) in [6.45, 7) is 0. The third kappa shape index (κ3) is 4.47. The minimum absolute atomic E-state index is 0.165. The van der Waals surface area contributed by atoms with E-state index in [1.807, 2.05) is 30.3 Å². The molecule has 124 valence electrons. The number of halogens is 1. The van der Waals surface area contributed by atoms with Crippen molar-refractivity contribution in [2.45, 2.75) is 5.16 Å². The van der Waals surface area contributed by atoms with Crippen LogP contribution in [0.3, 0.4) is 0 Å². The number of aromatic nitrogens is 3. The van der Waals surface area contributed by atoms with Gasteiger partial charge in [-0.25, -0.2) is 4.98 Å². The Balaban J connectivity index is 1.57. The fourth-order valence-electron chi connectivity index (χ4n) is 2.04. The Hall–Kier alpha value is -2.63. The second-order valence-corrected chi connectivity index (χ2v) is 6.77. The van der Waals surface area contributed by atoms with Gasteiger partial charge in [0.1, 0.15) is 0 Å². The van der Waals surface area contributed by atoms with Crippen LogP contribution in [0.4, 0.5) is 5.69 Å². The highest BCUT2D eigenvalue weighted by Crippen LogP contribution is 2.26. The van der Waals surface area contributed by atoms with E-state index in [2.05, 4.69) is 36.4 Å². The second kappa shape index (κ2) is 7.96. The lowest BCUT2D eigenvalue weighted by Crippen LogP contribution is -2.14. The van der Waals surface area contributed by atoms with Gasteiger partial charge in [-0.15, -0.1) is 5.10 Å². The average Bonchev–Trinajstić information content (AvgIpc) is 3.10. The molecule has 0 atom stereocenters. The van der Waals surface area contributed by atoms with Crippen molar-refractivity contribution in [2.75, 3.05) is 11.1 Å². The second-order valence-electron chi connectivity index (χ2n) is 4.97. The van der Waals surface area contributed by atoms with Gasteiger partial charge in [0.25, 0.3) is 0 Å². The SMILES string of the molecule is N#Cc1ccc(NC(=O)CSc2n[nH]c(-c3ccccc3Br)n2)cc1. The number of hydrogen-bond donors (Lipinski definition) is 2. The Labute approximate surface area is 156 Å². The molecule has 25 heavy (non-hydrogen) atoms. The number of nitriles is 1. The molecular formula is C17H12BrN5OS. The van der Waals surface area contributed by atoms with Gasteiger partial charge in [-0.2, -0.15) is 5.26 Å². The molecule has 2 aromatic carbocycles. The predicted octanol–water partition coefficient (Wildman–Crippen LogP) is 3.84. The molecule has 3 aromatic rings. The van der Waals surface area contributed by atoms with Gasteiger partial charge in [-0.05, 0) is 30.3 Å². The van der Waals surface area contributed by atoms with E-state index in [0.717, 1.165) is 10.0 Å². The maximum Gasteiger partial charge on any atom is 0.234 e. The molecule has 6 nitrogen and oxygen atoms in total. The van der Waals surface area contributed by atoms with Gasteiger partial charge in [-0.3, -0.25) is 9.89 Å². The summed E-state index contributed by atoms with van der Waals surface area (Å²) >= 11 is 4.72. The molecule has 0 fully saturated rings. The molecule has 0 aliphatic rings. The molecule has 0 aliphatic carbocycles. The van der Waals surface area contributed by atoms with Crippen molar-refractivity contribution in [1.29, 1.82) is 5.26 Å². The molecule has 0 unspecified atom stereocenters. The van der Waals surface area contributed by atoms with Crippen molar-refractivity contribution in [3.63, 3.8) is 0 Å². The molecule has 2 N–H and O–H groups in total. The first-order valence-corrected chi connectivity index (χ1v) is 9.03. The van der Waals surface area contributed by atoms with Gasteiger partial charge in [0, 0.05) is 15.7 Å². The van der Waals surface area contributed by atoms with E-state index in [4.69, 9.17) is 5.26 Å². The number of benzene rings is 2. The molecular weight excluding hydrogens is 402 g/mol. The van der Waals surface area contributed by atoms with Crippen molar-refractivity contribution in [3.05, 3.63) is 58.6 Å². The number of anilines is 1. The average molecular weight is 414 g/mol. The Morgan fingerprint density at radius 3 is 2.72 bits per heavy atom. The lowest BCUT2D eigenvalue weighted by Gasteiger charge is -2.03. The molecule has 0 bridgehead atoms. The summed E-state index contributed by atoms with van der Waals surface area (Å²) in [6, 6.07) is 16.4. The fraction of sp³-hybridized carbons (Fsp3) is 0.0588. The number of rotatable bonds is 5. The van der Waals surface area contributed by atoms with Crippen molar-refractivity contribution in [2.24, 2.45) is 0 Å². The number of H-pyrrole nitrogens is 1. The zero-order chi connectivity index (χ0) is 17.6. The van der Waals surface area contributed by atoms with Crippen molar-refractivity contribution in [1.82, 2.24) is 15.2 Å². The standard InChI is InChI=1S/C17H12BrN5OS/c18-14-4-2-1-3-13(14)16-21-17(23-22-16)25-10-15(24)20-12-7-5-11(9-19)6-8-12/h1-8H,10H2,(H,20,24)(H,21,22,23). The fourth-order valence-corrected chi connectivity index (χ4v) is 3.11. The van der Waals surface area contributed by atoms with E-state index < -0.39 is 0 Å². The molecule has 0 spiro atoms. The van der Waals surface area contributed by atoms with Crippen LogP contribution < -0.4 is 5.32 Å². The first-order valence-electron chi connectivity index (χ1n) is 7.26. The third-order valence-electron chi connectivity index (χ3n) is 3.22. The first-order chi connectivity index (χ1) is 12.2. The van der Waals surface area contributed by atoms with E-state index in [-0.39, 0.29) is 11.7 Å². The van der Waals surface area contributed by atoms with Crippen LogP contribution >= 0.6 is 27.7 Å². The van der Waals surface area contributed by atoms with Crippen LogP contribution in [0, 0.1) is 11.3 Å². The molecule has 0 saturated carbocycles. The van der Waals surface area contributed by atoms with Gasteiger partial charge in [0.15, 0.2) is 5.82 Å². The van der Waals surface area contributed by atoms with E-state index in [1.165, 1.54) is 11.8 Å². The number of thioether (sulfide) groups is 1. The lowest BCUT2D eigenvalue weighted by atomic mass is 10.2. The van der Waals surface area contributed by atoms with E-state index in [1.54, 1.807) is 24.3 Å². The summed E-state index contributed by atoms with van der Waals surface area (Å²) in [5.74, 6) is 0.664. The molecule has 3 rings (SSSR count). The summed E-state index contributed by atoms with van der Waals surface area (Å²) in [5.41, 5.74) is 2.10. The molecule has 0 radical (unpaired) electrons. The summed E-state index contributed by atoms with van der Waals surface area (Å²) in [5, 5.41) is 19.0. The Morgan fingerprint density at radius 2 is 2.00 bits per heavy atom. The van der Waals surface area contributed by atoms with Crippen LogP contribution in [0.15, 0.2) is 58.2 Å². The van der Waals surface area contributed by atoms with Crippen LogP contribution in [0.5, 0.6) is 0 Å². The van der Waals surface area contributed by atoms with E-state index >= 15 is 0 Å². The monoisotopic (exact) mass is 413 g/mol. The molecule has 1 amide bonds. The van der Waals surface area contributed by atoms with Crippen LogP contribution in [0.25, 0.3) is 11.4 Å². The number of nitrogens with zero attached hydrogens (tertiary/aromatic N) is 3. The van der Waals surface area contributed by atoms with Gasteiger partial charge in [0.05, 0.1) is 17.4 Å². The van der Waals surface area contributed by atoms with E-state index in [0.29, 0.717) is 22.2 Å². The Kier molecular flexibility index (Phi) is 5.48. The van der Waals surface area contributed by atoms with Crippen LogP contribution in [0.2, 0.25) is 0 Å². The highest BCUT2D eigenvalue weighted by molar-refractivity contribution is 9.10. The van der Waals surface area contributed by atoms with Crippen molar-refractivity contribution >= 4 is 39.3 Å².